The summed E-state index contributed by atoms with van der Waals surface area (Å²) in [6, 6.07) is 3.89. The van der Waals surface area contributed by atoms with Crippen LogP contribution in [0.5, 0.6) is 5.75 Å². The number of hydrogen-bond donors (Lipinski definition) is 5. The van der Waals surface area contributed by atoms with E-state index in [1.54, 1.807) is 13.0 Å². The lowest BCUT2D eigenvalue weighted by atomic mass is 9.62. The number of amides is 2. The SMILES string of the molecule is CC[C@H](NC(=O)c1cccc(OP(=O)(O)O)c1C)[C@H](O)CC1C[C@H]2CCCC[C@H]2C[C@H]1C(=O)NC(C)(C)C. The Hall–Kier alpha value is -1.93. The molecule has 2 fully saturated rings. The van der Waals surface area contributed by atoms with Crippen LogP contribution in [0.25, 0.3) is 0 Å². The van der Waals surface area contributed by atoms with E-state index in [-0.39, 0.29) is 34.6 Å². The van der Waals surface area contributed by atoms with Crippen molar-refractivity contribution in [2.45, 2.75) is 104 Å². The molecular weight excluding hydrogens is 507 g/mol. The number of phosphoric acid groups is 1. The fourth-order valence-corrected chi connectivity index (χ4v) is 6.75. The number of phosphoric ester groups is 1. The third-order valence-corrected chi connectivity index (χ3v) is 8.58. The summed E-state index contributed by atoms with van der Waals surface area (Å²) in [5.74, 6) is 0.515. The second kappa shape index (κ2) is 12.5. The highest BCUT2D eigenvalue weighted by atomic mass is 31.2. The molecular formula is C28H45N2O7P. The fourth-order valence-electron chi connectivity index (χ4n) is 6.30. The quantitative estimate of drug-likeness (QED) is 0.284. The monoisotopic (exact) mass is 552 g/mol. The van der Waals surface area contributed by atoms with Crippen LogP contribution < -0.4 is 15.2 Å². The van der Waals surface area contributed by atoms with Crippen molar-refractivity contribution < 1.29 is 33.6 Å². The summed E-state index contributed by atoms with van der Waals surface area (Å²) in [6.07, 6.45) is 6.59. The molecule has 0 aliphatic heterocycles. The van der Waals surface area contributed by atoms with Crippen LogP contribution >= 0.6 is 7.82 Å². The minimum absolute atomic E-state index is 0.0272. The van der Waals surface area contributed by atoms with Gasteiger partial charge < -0.3 is 20.3 Å². The Morgan fingerprint density at radius 3 is 2.34 bits per heavy atom. The van der Waals surface area contributed by atoms with Crippen LogP contribution in [0.15, 0.2) is 18.2 Å². The van der Waals surface area contributed by atoms with Crippen molar-refractivity contribution in [1.29, 1.82) is 0 Å². The molecule has 1 aromatic rings. The number of nitrogens with one attached hydrogen (secondary N) is 2. The van der Waals surface area contributed by atoms with E-state index in [1.807, 2.05) is 27.7 Å². The van der Waals surface area contributed by atoms with Crippen molar-refractivity contribution >= 4 is 19.6 Å². The number of carbonyl (C=O) groups is 2. The summed E-state index contributed by atoms with van der Waals surface area (Å²) < 4.78 is 16.0. The van der Waals surface area contributed by atoms with E-state index in [4.69, 9.17) is 14.3 Å². The number of carbonyl (C=O) groups excluding carboxylic acids is 2. The third-order valence-electron chi connectivity index (χ3n) is 8.14. The van der Waals surface area contributed by atoms with Crippen molar-refractivity contribution in [3.05, 3.63) is 29.3 Å². The number of rotatable bonds is 9. The molecule has 3 rings (SSSR count). The highest BCUT2D eigenvalue weighted by Crippen LogP contribution is 2.47. The number of hydrogen-bond acceptors (Lipinski definition) is 5. The van der Waals surface area contributed by atoms with E-state index in [1.165, 1.54) is 31.4 Å². The van der Waals surface area contributed by atoms with Gasteiger partial charge >= 0.3 is 7.82 Å². The predicted molar refractivity (Wildman–Crippen MR) is 146 cm³/mol. The molecule has 214 valence electrons. The average molecular weight is 553 g/mol. The first-order chi connectivity index (χ1) is 17.7. The molecule has 0 saturated heterocycles. The average Bonchev–Trinajstić information content (AvgIpc) is 2.81. The van der Waals surface area contributed by atoms with Gasteiger partial charge in [-0.2, -0.15) is 0 Å². The number of fused-ring (bicyclic) bond motifs is 1. The van der Waals surface area contributed by atoms with Gasteiger partial charge in [0.1, 0.15) is 5.75 Å². The maximum Gasteiger partial charge on any atom is 0.524 e. The van der Waals surface area contributed by atoms with Crippen LogP contribution in [0.3, 0.4) is 0 Å². The van der Waals surface area contributed by atoms with Crippen molar-refractivity contribution in [3.8, 4) is 5.75 Å². The maximum absolute atomic E-state index is 13.3. The molecule has 1 unspecified atom stereocenters. The fraction of sp³-hybridized carbons (Fsp3) is 0.714. The topological polar surface area (TPSA) is 145 Å². The van der Waals surface area contributed by atoms with Crippen LogP contribution in [0, 0.1) is 30.6 Å². The lowest BCUT2D eigenvalue weighted by Crippen LogP contribution is -2.50. The van der Waals surface area contributed by atoms with Gasteiger partial charge in [-0.05, 0) is 83.3 Å². The predicted octanol–water partition coefficient (Wildman–Crippen LogP) is 4.47. The number of aliphatic hydroxyl groups is 1. The minimum Gasteiger partial charge on any atom is -0.404 e. The zero-order valence-electron chi connectivity index (χ0n) is 23.3. The molecule has 9 nitrogen and oxygen atoms in total. The molecule has 10 heteroatoms. The standard InChI is InChI=1S/C28H45N2O7P/c1-6-23(29-26(32)21-12-9-13-25(17(21)2)37-38(34,35)36)24(31)16-20-14-18-10-7-8-11-19(18)15-22(20)27(33)30-28(3,4)5/h9,12-13,18-20,22-24,31H,6-8,10-11,14-16H2,1-5H3,(H,29,32)(H,30,33)(H2,34,35,36)/t18-,19+,20?,22-,23+,24-/m1/s1. The van der Waals surface area contributed by atoms with Crippen molar-refractivity contribution in [1.82, 2.24) is 10.6 Å². The van der Waals surface area contributed by atoms with E-state index in [0.29, 0.717) is 30.2 Å². The largest absolute Gasteiger partial charge is 0.524 e. The lowest BCUT2D eigenvalue weighted by Gasteiger charge is -2.45. The van der Waals surface area contributed by atoms with Crippen LogP contribution in [0.4, 0.5) is 0 Å². The molecule has 2 amide bonds. The van der Waals surface area contributed by atoms with Gasteiger partial charge in [0.25, 0.3) is 5.91 Å². The molecule has 2 aliphatic rings. The van der Waals surface area contributed by atoms with Gasteiger partial charge in [0.05, 0.1) is 12.1 Å². The molecule has 38 heavy (non-hydrogen) atoms. The van der Waals surface area contributed by atoms with E-state index >= 15 is 0 Å². The Labute approximate surface area is 226 Å². The Balaban J connectivity index is 1.73. The zero-order chi connectivity index (χ0) is 28.3. The molecule has 6 atom stereocenters. The van der Waals surface area contributed by atoms with Gasteiger partial charge in [0, 0.05) is 22.6 Å². The van der Waals surface area contributed by atoms with Gasteiger partial charge in [-0.15, -0.1) is 0 Å². The highest BCUT2D eigenvalue weighted by molar-refractivity contribution is 7.46. The number of benzene rings is 1. The van der Waals surface area contributed by atoms with Crippen molar-refractivity contribution in [3.63, 3.8) is 0 Å². The van der Waals surface area contributed by atoms with Crippen LogP contribution in [0.1, 0.15) is 95.0 Å². The molecule has 2 saturated carbocycles. The van der Waals surface area contributed by atoms with Crippen LogP contribution in [0.2, 0.25) is 0 Å². The molecule has 0 spiro atoms. The highest BCUT2D eigenvalue weighted by Gasteiger charge is 2.43. The Morgan fingerprint density at radius 1 is 1.13 bits per heavy atom. The van der Waals surface area contributed by atoms with Gasteiger partial charge in [0.2, 0.25) is 5.91 Å². The molecule has 0 radical (unpaired) electrons. The second-order valence-corrected chi connectivity index (χ2v) is 13.3. The van der Waals surface area contributed by atoms with E-state index in [0.717, 1.165) is 19.3 Å². The van der Waals surface area contributed by atoms with Gasteiger partial charge in [-0.25, -0.2) is 4.57 Å². The summed E-state index contributed by atoms with van der Waals surface area (Å²) >= 11 is 0. The Kier molecular flexibility index (Phi) is 10.1. The summed E-state index contributed by atoms with van der Waals surface area (Å²) in [5.41, 5.74) is 0.179. The summed E-state index contributed by atoms with van der Waals surface area (Å²) in [6.45, 7) is 9.37. The van der Waals surface area contributed by atoms with Gasteiger partial charge in [-0.3, -0.25) is 19.4 Å². The van der Waals surface area contributed by atoms with Crippen LogP contribution in [-0.2, 0) is 9.36 Å². The Morgan fingerprint density at radius 2 is 1.76 bits per heavy atom. The van der Waals surface area contributed by atoms with Gasteiger partial charge in [-0.1, -0.05) is 38.7 Å². The van der Waals surface area contributed by atoms with E-state index in [2.05, 4.69) is 10.6 Å². The van der Waals surface area contributed by atoms with E-state index < -0.39 is 25.9 Å². The normalized spacial score (nSPS) is 25.6. The molecule has 0 heterocycles. The van der Waals surface area contributed by atoms with Gasteiger partial charge in [0.15, 0.2) is 0 Å². The van der Waals surface area contributed by atoms with Crippen LogP contribution in [-0.4, -0.2) is 44.4 Å². The molecule has 0 bridgehead atoms. The molecule has 0 aromatic heterocycles. The molecule has 5 N–H and O–H groups in total. The number of aliphatic hydroxyl groups excluding tert-OH is 1. The summed E-state index contributed by atoms with van der Waals surface area (Å²) in [4.78, 5) is 44.8. The first-order valence-corrected chi connectivity index (χ1v) is 15.4. The Bertz CT molecular complexity index is 1030. The first kappa shape index (κ1) is 30.6. The first-order valence-electron chi connectivity index (χ1n) is 13.8. The maximum atomic E-state index is 13.3. The summed E-state index contributed by atoms with van der Waals surface area (Å²) in [7, 11) is -4.78. The van der Waals surface area contributed by atoms with E-state index in [9.17, 15) is 19.3 Å². The van der Waals surface area contributed by atoms with Crippen molar-refractivity contribution in [2.24, 2.45) is 23.7 Å². The summed E-state index contributed by atoms with van der Waals surface area (Å²) in [5, 5.41) is 17.3. The smallest absolute Gasteiger partial charge is 0.404 e. The molecule has 1 aromatic carbocycles. The lowest BCUT2D eigenvalue weighted by molar-refractivity contribution is -0.132. The molecule has 2 aliphatic carbocycles. The second-order valence-electron chi connectivity index (χ2n) is 12.2. The third kappa shape index (κ3) is 8.28. The van der Waals surface area contributed by atoms with Crippen molar-refractivity contribution in [2.75, 3.05) is 0 Å². The zero-order valence-corrected chi connectivity index (χ0v) is 24.2. The minimum atomic E-state index is -4.78.